The molecule has 0 aliphatic carbocycles. The highest BCUT2D eigenvalue weighted by Crippen LogP contribution is 2.27. The van der Waals surface area contributed by atoms with Crippen molar-refractivity contribution < 1.29 is 13.6 Å². The summed E-state index contributed by atoms with van der Waals surface area (Å²) in [5.41, 5.74) is -0.345. The number of carbonyl (C=O) groups excluding carboxylic acids is 1. The highest BCUT2D eigenvalue weighted by Gasteiger charge is 2.31. The first-order valence-corrected chi connectivity index (χ1v) is 8.54. The molecule has 1 aliphatic rings. The minimum Gasteiger partial charge on any atom is -0.342 e. The summed E-state index contributed by atoms with van der Waals surface area (Å²) in [5, 5.41) is 2.79. The van der Waals surface area contributed by atoms with Crippen molar-refractivity contribution in [1.29, 1.82) is 0 Å². The van der Waals surface area contributed by atoms with Gasteiger partial charge in [0.05, 0.1) is 22.5 Å². The van der Waals surface area contributed by atoms with Gasteiger partial charge < -0.3 is 5.32 Å². The van der Waals surface area contributed by atoms with Crippen LogP contribution in [-0.4, -0.2) is 20.4 Å². The summed E-state index contributed by atoms with van der Waals surface area (Å²) in [6, 6.07) is 4.30. The molecule has 1 N–H and O–H groups in total. The van der Waals surface area contributed by atoms with Crippen molar-refractivity contribution in [2.45, 2.75) is 26.3 Å². The largest absolute Gasteiger partial charge is 0.342 e. The van der Waals surface area contributed by atoms with Crippen molar-refractivity contribution in [3.8, 4) is 5.82 Å². The van der Waals surface area contributed by atoms with Gasteiger partial charge in [0.2, 0.25) is 0 Å². The molecule has 138 valence electrons. The maximum absolute atomic E-state index is 13.7. The third-order valence-corrected chi connectivity index (χ3v) is 4.50. The second-order valence-corrected chi connectivity index (χ2v) is 6.92. The summed E-state index contributed by atoms with van der Waals surface area (Å²) in [7, 11) is 0. The normalized spacial score (nSPS) is 16.0. The maximum Gasteiger partial charge on any atom is 0.267 e. The number of hydrogen-bond donors (Lipinski definition) is 1. The average molecular weight is 370 g/mol. The average Bonchev–Trinajstić information content (AvgIpc) is 2.72. The summed E-state index contributed by atoms with van der Waals surface area (Å²) in [4.78, 5) is 34.4. The van der Waals surface area contributed by atoms with Crippen molar-refractivity contribution >= 4 is 16.8 Å². The SMILES string of the molecule is CC(C)CC1NC(=O)c2cccnc2-n2c1nc1cc(F)c(F)cc1c2=O. The molecule has 4 rings (SSSR count). The molecule has 0 saturated heterocycles. The molecule has 0 radical (unpaired) electrons. The number of amides is 1. The van der Waals surface area contributed by atoms with Crippen LogP contribution in [0, 0.1) is 17.6 Å². The number of hydrogen-bond acceptors (Lipinski definition) is 4. The number of nitrogens with one attached hydrogen (secondary N) is 1. The van der Waals surface area contributed by atoms with E-state index in [0.717, 1.165) is 12.1 Å². The summed E-state index contributed by atoms with van der Waals surface area (Å²) >= 11 is 0. The smallest absolute Gasteiger partial charge is 0.267 e. The number of benzene rings is 1. The van der Waals surface area contributed by atoms with E-state index in [4.69, 9.17) is 0 Å². The molecule has 2 aromatic heterocycles. The lowest BCUT2D eigenvalue weighted by Gasteiger charge is -2.20. The topological polar surface area (TPSA) is 76.9 Å². The summed E-state index contributed by atoms with van der Waals surface area (Å²) in [6.07, 6.45) is 1.97. The van der Waals surface area contributed by atoms with Crippen molar-refractivity contribution in [3.05, 3.63) is 63.8 Å². The molecule has 1 aromatic carbocycles. The van der Waals surface area contributed by atoms with E-state index < -0.39 is 23.2 Å². The van der Waals surface area contributed by atoms with Gasteiger partial charge in [-0.05, 0) is 30.5 Å². The van der Waals surface area contributed by atoms with Crippen LogP contribution in [0.5, 0.6) is 0 Å². The number of halogens is 2. The van der Waals surface area contributed by atoms with E-state index in [2.05, 4.69) is 15.3 Å². The first-order chi connectivity index (χ1) is 12.9. The highest BCUT2D eigenvalue weighted by atomic mass is 19.2. The molecular formula is C19H16F2N4O2. The summed E-state index contributed by atoms with van der Waals surface area (Å²) < 4.78 is 28.6. The van der Waals surface area contributed by atoms with E-state index in [1.807, 2.05) is 13.8 Å². The van der Waals surface area contributed by atoms with Gasteiger partial charge in [-0.1, -0.05) is 13.8 Å². The zero-order valence-electron chi connectivity index (χ0n) is 14.7. The quantitative estimate of drug-likeness (QED) is 0.753. The Morgan fingerprint density at radius 2 is 1.96 bits per heavy atom. The van der Waals surface area contributed by atoms with Gasteiger partial charge in [0.1, 0.15) is 5.82 Å². The first kappa shape index (κ1) is 17.3. The molecule has 0 spiro atoms. The predicted octanol–water partition coefficient (Wildman–Crippen LogP) is 2.89. The number of pyridine rings is 1. The minimum atomic E-state index is -1.13. The van der Waals surface area contributed by atoms with Crippen LogP contribution in [-0.2, 0) is 0 Å². The molecule has 27 heavy (non-hydrogen) atoms. The predicted molar refractivity (Wildman–Crippen MR) is 94.7 cm³/mol. The molecule has 1 amide bonds. The standard InChI is InChI=1S/C19H16F2N4O2/c1-9(2)6-15-17-23-14-8-13(21)12(20)7-11(14)19(27)25(17)16-10(18(26)24-15)4-3-5-22-16/h3-5,7-9,15H,6H2,1-2H3,(H,24,26). The fourth-order valence-corrected chi connectivity index (χ4v) is 3.33. The minimum absolute atomic E-state index is 0.0348. The van der Waals surface area contributed by atoms with Gasteiger partial charge in [-0.15, -0.1) is 0 Å². The Labute approximate surface area is 152 Å². The molecule has 1 aliphatic heterocycles. The molecule has 1 unspecified atom stereocenters. The van der Waals surface area contributed by atoms with Gasteiger partial charge in [-0.2, -0.15) is 0 Å². The molecule has 3 aromatic rings. The molecule has 1 atom stereocenters. The van der Waals surface area contributed by atoms with Crippen molar-refractivity contribution in [3.63, 3.8) is 0 Å². The molecule has 8 heteroatoms. The van der Waals surface area contributed by atoms with Crippen LogP contribution in [0.1, 0.15) is 42.5 Å². The van der Waals surface area contributed by atoms with Gasteiger partial charge in [0.25, 0.3) is 11.5 Å². The van der Waals surface area contributed by atoms with Crippen molar-refractivity contribution in [1.82, 2.24) is 19.9 Å². The number of aromatic nitrogens is 3. The molecule has 0 bridgehead atoms. The van der Waals surface area contributed by atoms with Crippen LogP contribution in [0.4, 0.5) is 8.78 Å². The Hall–Kier alpha value is -3.16. The first-order valence-electron chi connectivity index (χ1n) is 8.54. The third kappa shape index (κ3) is 2.77. The fraction of sp³-hybridized carbons (Fsp3) is 0.263. The van der Waals surface area contributed by atoms with Crippen LogP contribution >= 0.6 is 0 Å². The Morgan fingerprint density at radius 1 is 1.22 bits per heavy atom. The molecule has 0 fully saturated rings. The number of nitrogens with zero attached hydrogens (tertiary/aromatic N) is 3. The van der Waals surface area contributed by atoms with Crippen LogP contribution in [0.25, 0.3) is 16.7 Å². The second kappa shape index (κ2) is 6.22. The Morgan fingerprint density at radius 3 is 2.70 bits per heavy atom. The van der Waals surface area contributed by atoms with E-state index >= 15 is 0 Å². The molecule has 3 heterocycles. The molecule has 0 saturated carbocycles. The van der Waals surface area contributed by atoms with E-state index in [-0.39, 0.29) is 39.9 Å². The third-order valence-electron chi connectivity index (χ3n) is 4.50. The van der Waals surface area contributed by atoms with E-state index in [9.17, 15) is 18.4 Å². The van der Waals surface area contributed by atoms with E-state index in [1.165, 1.54) is 10.8 Å². The highest BCUT2D eigenvalue weighted by molar-refractivity contribution is 5.98. The lowest BCUT2D eigenvalue weighted by molar-refractivity contribution is 0.0933. The zero-order chi connectivity index (χ0) is 19.3. The monoisotopic (exact) mass is 370 g/mol. The van der Waals surface area contributed by atoms with Gasteiger partial charge in [-0.25, -0.2) is 23.3 Å². The van der Waals surface area contributed by atoms with Crippen LogP contribution in [0.3, 0.4) is 0 Å². The van der Waals surface area contributed by atoms with Crippen molar-refractivity contribution in [2.75, 3.05) is 0 Å². The van der Waals surface area contributed by atoms with Crippen LogP contribution in [0.2, 0.25) is 0 Å². The summed E-state index contributed by atoms with van der Waals surface area (Å²) in [6.45, 7) is 3.95. The van der Waals surface area contributed by atoms with Gasteiger partial charge in [0, 0.05) is 12.3 Å². The Kier molecular flexibility index (Phi) is 3.98. The fourth-order valence-electron chi connectivity index (χ4n) is 3.33. The van der Waals surface area contributed by atoms with Gasteiger partial charge in [-0.3, -0.25) is 9.59 Å². The molecular weight excluding hydrogens is 354 g/mol. The van der Waals surface area contributed by atoms with Crippen molar-refractivity contribution in [2.24, 2.45) is 5.92 Å². The van der Waals surface area contributed by atoms with Crippen LogP contribution < -0.4 is 10.9 Å². The van der Waals surface area contributed by atoms with E-state index in [0.29, 0.717) is 6.42 Å². The lowest BCUT2D eigenvalue weighted by Crippen LogP contribution is -2.31. The number of fused-ring (bicyclic) bond motifs is 4. The molecule has 6 nitrogen and oxygen atoms in total. The lowest BCUT2D eigenvalue weighted by atomic mass is 10.0. The summed E-state index contributed by atoms with van der Waals surface area (Å²) in [5.74, 6) is -2.04. The van der Waals surface area contributed by atoms with Crippen LogP contribution in [0.15, 0.2) is 35.3 Å². The number of carbonyl (C=O) groups is 1. The second-order valence-electron chi connectivity index (χ2n) is 6.92. The maximum atomic E-state index is 13.7. The van der Waals surface area contributed by atoms with Gasteiger partial charge >= 0.3 is 0 Å². The van der Waals surface area contributed by atoms with E-state index in [1.54, 1.807) is 12.1 Å². The zero-order valence-corrected chi connectivity index (χ0v) is 14.7. The Bertz CT molecular complexity index is 1140. The number of rotatable bonds is 2. The van der Waals surface area contributed by atoms with Gasteiger partial charge in [0.15, 0.2) is 17.5 Å². The Balaban J connectivity index is 2.12.